The molecule has 10 rings (SSSR count). The number of aromatic nitrogens is 1. The molecule has 0 saturated heterocycles. The van der Waals surface area contributed by atoms with Gasteiger partial charge < -0.3 is 13.9 Å². The van der Waals surface area contributed by atoms with Crippen LogP contribution < -0.4 is 4.90 Å². The van der Waals surface area contributed by atoms with Crippen LogP contribution in [0.2, 0.25) is 0 Å². The Morgan fingerprint density at radius 1 is 0.392 bits per heavy atom. The van der Waals surface area contributed by atoms with Crippen LogP contribution in [-0.2, 0) is 0 Å². The minimum atomic E-state index is 0.859. The van der Waals surface area contributed by atoms with E-state index >= 15 is 0 Å². The maximum absolute atomic E-state index is 6.67. The average Bonchev–Trinajstić information content (AvgIpc) is 3.75. The van der Waals surface area contributed by atoms with Gasteiger partial charge in [-0.05, 0) is 71.3 Å². The molecule has 0 atom stereocenters. The topological polar surface area (TPSA) is 21.3 Å². The predicted molar refractivity (Wildman–Crippen MR) is 214 cm³/mol. The average molecular weight is 653 g/mol. The molecule has 51 heavy (non-hydrogen) atoms. The van der Waals surface area contributed by atoms with Crippen molar-refractivity contribution in [1.29, 1.82) is 0 Å². The van der Waals surface area contributed by atoms with Gasteiger partial charge in [0.2, 0.25) is 0 Å². The summed E-state index contributed by atoms with van der Waals surface area (Å²) >= 11 is 0. The number of furan rings is 1. The largest absolute Gasteiger partial charge is 0.454 e. The van der Waals surface area contributed by atoms with Gasteiger partial charge in [0.05, 0.1) is 22.4 Å². The first-order chi connectivity index (χ1) is 25.3. The van der Waals surface area contributed by atoms with E-state index in [9.17, 15) is 0 Å². The van der Waals surface area contributed by atoms with Gasteiger partial charge in [0.15, 0.2) is 5.58 Å². The van der Waals surface area contributed by atoms with Crippen molar-refractivity contribution in [3.8, 4) is 27.9 Å². The first kappa shape index (κ1) is 29.1. The molecule has 0 bridgehead atoms. The second-order valence-electron chi connectivity index (χ2n) is 12.9. The molecule has 3 heteroatoms. The second kappa shape index (κ2) is 11.9. The lowest BCUT2D eigenvalue weighted by Gasteiger charge is -2.28. The zero-order valence-electron chi connectivity index (χ0n) is 27.8. The number of para-hydroxylation sites is 5. The summed E-state index contributed by atoms with van der Waals surface area (Å²) in [5, 5.41) is 4.71. The Balaban J connectivity index is 1.21. The SMILES string of the molecule is c1ccc(-c2cccc(N(c3ccccc3-c3cccc(-n4c5ccccc5c5ccccc54)c3)c3cccc4c3oc3ccccc34)c2)cc1. The molecule has 3 nitrogen and oxygen atoms in total. The van der Waals surface area contributed by atoms with Crippen LogP contribution in [0, 0.1) is 0 Å². The van der Waals surface area contributed by atoms with E-state index in [1.54, 1.807) is 0 Å². The molecule has 0 aliphatic carbocycles. The lowest BCUT2D eigenvalue weighted by molar-refractivity contribution is 0.669. The number of hydrogen-bond donors (Lipinski definition) is 0. The van der Waals surface area contributed by atoms with E-state index in [4.69, 9.17) is 4.42 Å². The standard InChI is InChI=1S/C48H32N2O/c1-2-15-33(16-3-1)34-17-12-19-36(31-34)50(46-29-14-25-42-41-24-7-11-30-47(41)51-48(42)46)43-26-8-4-21-38(43)35-18-13-20-37(32-35)49-44-27-9-5-22-39(44)40-23-6-10-28-45(40)49/h1-32H. The first-order valence-electron chi connectivity index (χ1n) is 17.4. The smallest absolute Gasteiger partial charge is 0.159 e. The molecule has 0 unspecified atom stereocenters. The number of fused-ring (bicyclic) bond motifs is 6. The Kier molecular flexibility index (Phi) is 6.81. The molecular formula is C48H32N2O. The fourth-order valence-electron chi connectivity index (χ4n) is 7.70. The molecular weight excluding hydrogens is 621 g/mol. The van der Waals surface area contributed by atoms with Gasteiger partial charge in [-0.1, -0.05) is 140 Å². The van der Waals surface area contributed by atoms with Crippen LogP contribution in [-0.4, -0.2) is 4.57 Å². The molecule has 0 radical (unpaired) electrons. The summed E-state index contributed by atoms with van der Waals surface area (Å²) < 4.78 is 9.05. The fraction of sp³-hybridized carbons (Fsp3) is 0. The molecule has 0 saturated carbocycles. The third kappa shape index (κ3) is 4.82. The Morgan fingerprint density at radius 2 is 0.980 bits per heavy atom. The Labute approximate surface area is 295 Å². The van der Waals surface area contributed by atoms with Gasteiger partial charge in [-0.25, -0.2) is 0 Å². The van der Waals surface area contributed by atoms with Crippen molar-refractivity contribution in [3.63, 3.8) is 0 Å². The third-order valence-corrected chi connectivity index (χ3v) is 9.98. The monoisotopic (exact) mass is 652 g/mol. The molecule has 2 heterocycles. The highest BCUT2D eigenvalue weighted by Crippen LogP contribution is 2.46. The lowest BCUT2D eigenvalue weighted by atomic mass is 9.99. The molecule has 0 amide bonds. The van der Waals surface area contributed by atoms with Crippen molar-refractivity contribution < 1.29 is 4.42 Å². The van der Waals surface area contributed by atoms with E-state index in [-0.39, 0.29) is 0 Å². The van der Waals surface area contributed by atoms with E-state index in [2.05, 4.69) is 191 Å². The van der Waals surface area contributed by atoms with Crippen molar-refractivity contribution in [2.45, 2.75) is 0 Å². The number of benzene rings is 8. The van der Waals surface area contributed by atoms with Gasteiger partial charge >= 0.3 is 0 Å². The van der Waals surface area contributed by atoms with Gasteiger partial charge in [0.25, 0.3) is 0 Å². The fourth-order valence-corrected chi connectivity index (χ4v) is 7.70. The normalized spacial score (nSPS) is 11.5. The van der Waals surface area contributed by atoms with Crippen LogP contribution in [0.1, 0.15) is 0 Å². The van der Waals surface area contributed by atoms with E-state index in [1.165, 1.54) is 27.4 Å². The highest BCUT2D eigenvalue weighted by atomic mass is 16.3. The molecule has 0 fully saturated rings. The van der Waals surface area contributed by atoms with Crippen LogP contribution in [0.3, 0.4) is 0 Å². The van der Waals surface area contributed by atoms with Crippen molar-refractivity contribution >= 4 is 60.8 Å². The summed E-state index contributed by atoms with van der Waals surface area (Å²) in [6.07, 6.45) is 0. The van der Waals surface area contributed by atoms with Gasteiger partial charge in [0.1, 0.15) is 5.58 Å². The summed E-state index contributed by atoms with van der Waals surface area (Å²) in [5.74, 6) is 0. The van der Waals surface area contributed by atoms with Gasteiger partial charge in [-0.15, -0.1) is 0 Å². The van der Waals surface area contributed by atoms with Crippen LogP contribution in [0.25, 0.3) is 71.7 Å². The van der Waals surface area contributed by atoms with Crippen molar-refractivity contribution in [2.75, 3.05) is 4.90 Å². The molecule has 240 valence electrons. The molecule has 0 aliphatic rings. The summed E-state index contributed by atoms with van der Waals surface area (Å²) in [6, 6.07) is 69.1. The maximum Gasteiger partial charge on any atom is 0.159 e. The van der Waals surface area contributed by atoms with Crippen LogP contribution in [0.4, 0.5) is 17.1 Å². The zero-order chi connectivity index (χ0) is 33.7. The third-order valence-electron chi connectivity index (χ3n) is 9.98. The number of rotatable bonds is 6. The Hall–Kier alpha value is -6.84. The highest BCUT2D eigenvalue weighted by Gasteiger charge is 2.22. The van der Waals surface area contributed by atoms with Crippen LogP contribution in [0.5, 0.6) is 0 Å². The summed E-state index contributed by atoms with van der Waals surface area (Å²) in [6.45, 7) is 0. The molecule has 2 aromatic heterocycles. The van der Waals surface area contributed by atoms with Crippen LogP contribution >= 0.6 is 0 Å². The van der Waals surface area contributed by atoms with E-state index in [1.807, 2.05) is 12.1 Å². The summed E-state index contributed by atoms with van der Waals surface area (Å²) in [5.41, 5.74) is 12.9. The molecule has 8 aromatic carbocycles. The zero-order valence-corrected chi connectivity index (χ0v) is 27.8. The molecule has 0 spiro atoms. The van der Waals surface area contributed by atoms with E-state index < -0.39 is 0 Å². The lowest BCUT2D eigenvalue weighted by Crippen LogP contribution is -2.11. The summed E-state index contributed by atoms with van der Waals surface area (Å²) in [4.78, 5) is 2.36. The van der Waals surface area contributed by atoms with Crippen LogP contribution in [0.15, 0.2) is 199 Å². The summed E-state index contributed by atoms with van der Waals surface area (Å²) in [7, 11) is 0. The number of hydrogen-bond acceptors (Lipinski definition) is 2. The van der Waals surface area contributed by atoms with Gasteiger partial charge in [-0.3, -0.25) is 0 Å². The molecule has 0 aliphatic heterocycles. The predicted octanol–water partition coefficient (Wildman–Crippen LogP) is 13.5. The Bertz CT molecular complexity index is 2830. The number of anilines is 3. The van der Waals surface area contributed by atoms with E-state index in [0.29, 0.717) is 0 Å². The van der Waals surface area contributed by atoms with E-state index in [0.717, 1.165) is 61.4 Å². The van der Waals surface area contributed by atoms with Gasteiger partial charge in [0, 0.05) is 38.5 Å². The van der Waals surface area contributed by atoms with Crippen molar-refractivity contribution in [3.05, 3.63) is 194 Å². The molecule has 10 aromatic rings. The number of nitrogens with zero attached hydrogens (tertiary/aromatic N) is 2. The molecule has 0 N–H and O–H groups in total. The first-order valence-corrected chi connectivity index (χ1v) is 17.4. The second-order valence-corrected chi connectivity index (χ2v) is 12.9. The quantitative estimate of drug-likeness (QED) is 0.178. The minimum absolute atomic E-state index is 0.859. The highest BCUT2D eigenvalue weighted by molar-refractivity contribution is 6.11. The Morgan fingerprint density at radius 3 is 1.80 bits per heavy atom. The van der Waals surface area contributed by atoms with Gasteiger partial charge in [-0.2, -0.15) is 0 Å². The maximum atomic E-state index is 6.67. The van der Waals surface area contributed by atoms with Crippen molar-refractivity contribution in [2.24, 2.45) is 0 Å². The minimum Gasteiger partial charge on any atom is -0.454 e. The van der Waals surface area contributed by atoms with Crippen molar-refractivity contribution in [1.82, 2.24) is 4.57 Å².